The van der Waals surface area contributed by atoms with Gasteiger partial charge in [0.25, 0.3) is 0 Å². The van der Waals surface area contributed by atoms with Crippen molar-refractivity contribution in [1.29, 1.82) is 0 Å². The van der Waals surface area contributed by atoms with Crippen molar-refractivity contribution in [3.63, 3.8) is 0 Å². The fourth-order valence-electron chi connectivity index (χ4n) is 3.26. The van der Waals surface area contributed by atoms with E-state index in [2.05, 4.69) is 10.2 Å². The number of nitrogens with zero attached hydrogens (tertiary/aromatic N) is 1. The number of thiocarbonyl (C=S) groups is 1. The van der Waals surface area contributed by atoms with Gasteiger partial charge in [-0.1, -0.05) is 12.8 Å². The van der Waals surface area contributed by atoms with Crippen LogP contribution in [-0.2, 0) is 11.3 Å². The van der Waals surface area contributed by atoms with Crippen LogP contribution in [0, 0.1) is 0 Å². The Morgan fingerprint density at radius 2 is 2.14 bits per heavy atom. The molecule has 4 nitrogen and oxygen atoms in total. The second kappa shape index (κ2) is 7.27. The topological polar surface area (TPSA) is 37.6 Å². The van der Waals surface area contributed by atoms with Crippen molar-refractivity contribution in [2.24, 2.45) is 0 Å². The number of nitrogens with one attached hydrogen (secondary N) is 1. The van der Waals surface area contributed by atoms with Gasteiger partial charge in [-0.05, 0) is 50.0 Å². The average Bonchev–Trinajstić information content (AvgIpc) is 3.25. The first kappa shape index (κ1) is 14.9. The lowest BCUT2D eigenvalue weighted by Crippen LogP contribution is -2.46. The van der Waals surface area contributed by atoms with E-state index in [0.29, 0.717) is 12.1 Å². The summed E-state index contributed by atoms with van der Waals surface area (Å²) in [6, 6.07) is 4.50. The monoisotopic (exact) mass is 308 g/mol. The number of rotatable bonds is 5. The van der Waals surface area contributed by atoms with Gasteiger partial charge in [-0.3, -0.25) is 0 Å². The molecule has 1 unspecified atom stereocenters. The Morgan fingerprint density at radius 3 is 2.81 bits per heavy atom. The summed E-state index contributed by atoms with van der Waals surface area (Å²) < 4.78 is 11.2. The molecule has 0 spiro atoms. The summed E-state index contributed by atoms with van der Waals surface area (Å²) in [5, 5.41) is 4.25. The van der Waals surface area contributed by atoms with Crippen LogP contribution in [0.3, 0.4) is 0 Å². The maximum Gasteiger partial charge on any atom is 0.169 e. The molecule has 1 N–H and O–H groups in total. The molecule has 0 aromatic carbocycles. The van der Waals surface area contributed by atoms with E-state index < -0.39 is 0 Å². The molecule has 0 amide bonds. The first-order chi connectivity index (χ1) is 10.3. The standard InChI is InChI=1S/C16H24N2O2S/c21-16(17-11-14-7-3-9-19-14)18(13-5-1-2-6-13)12-15-8-4-10-20-15/h4,8,10,13-14H,1-3,5-7,9,11-12H2,(H,17,21). The fourth-order valence-corrected chi connectivity index (χ4v) is 3.56. The Morgan fingerprint density at radius 1 is 1.29 bits per heavy atom. The maximum absolute atomic E-state index is 5.66. The van der Waals surface area contributed by atoms with Gasteiger partial charge in [0.2, 0.25) is 0 Å². The summed E-state index contributed by atoms with van der Waals surface area (Å²) in [5.41, 5.74) is 0. The molecule has 0 bridgehead atoms. The minimum Gasteiger partial charge on any atom is -0.467 e. The molecule has 21 heavy (non-hydrogen) atoms. The lowest BCUT2D eigenvalue weighted by atomic mass is 10.2. The molecule has 1 saturated heterocycles. The van der Waals surface area contributed by atoms with Crippen LogP contribution in [0.5, 0.6) is 0 Å². The number of hydrogen-bond donors (Lipinski definition) is 1. The summed E-state index contributed by atoms with van der Waals surface area (Å²) in [7, 11) is 0. The van der Waals surface area contributed by atoms with E-state index in [1.165, 1.54) is 25.7 Å². The van der Waals surface area contributed by atoms with Crippen LogP contribution in [0.4, 0.5) is 0 Å². The van der Waals surface area contributed by atoms with E-state index in [0.717, 1.165) is 43.4 Å². The number of hydrogen-bond acceptors (Lipinski definition) is 3. The van der Waals surface area contributed by atoms with Crippen LogP contribution in [0.25, 0.3) is 0 Å². The fraction of sp³-hybridized carbons (Fsp3) is 0.688. The molecule has 1 saturated carbocycles. The molecule has 1 atom stereocenters. The van der Waals surface area contributed by atoms with Crippen molar-refractivity contribution < 1.29 is 9.15 Å². The summed E-state index contributed by atoms with van der Waals surface area (Å²) in [6.07, 6.45) is 9.39. The van der Waals surface area contributed by atoms with Gasteiger partial charge in [0.05, 0.1) is 18.9 Å². The van der Waals surface area contributed by atoms with E-state index >= 15 is 0 Å². The molecule has 0 radical (unpaired) electrons. The first-order valence-electron chi connectivity index (χ1n) is 8.01. The Labute approximate surface area is 131 Å². The lowest BCUT2D eigenvalue weighted by molar-refractivity contribution is 0.113. The number of ether oxygens (including phenoxy) is 1. The van der Waals surface area contributed by atoms with Crippen LogP contribution >= 0.6 is 12.2 Å². The largest absolute Gasteiger partial charge is 0.467 e. The van der Waals surface area contributed by atoms with E-state index in [1.807, 2.05) is 12.1 Å². The summed E-state index contributed by atoms with van der Waals surface area (Å²) in [4.78, 5) is 2.30. The van der Waals surface area contributed by atoms with Gasteiger partial charge in [0.1, 0.15) is 5.76 Å². The molecular weight excluding hydrogens is 284 g/mol. The number of furan rings is 1. The van der Waals surface area contributed by atoms with Crippen molar-refractivity contribution in [2.75, 3.05) is 13.2 Å². The first-order valence-corrected chi connectivity index (χ1v) is 8.42. The van der Waals surface area contributed by atoms with Gasteiger partial charge >= 0.3 is 0 Å². The minimum atomic E-state index is 0.317. The normalized spacial score (nSPS) is 22.6. The Kier molecular flexibility index (Phi) is 5.14. The summed E-state index contributed by atoms with van der Waals surface area (Å²) >= 11 is 5.64. The molecule has 1 aliphatic heterocycles. The minimum absolute atomic E-state index is 0.317. The highest BCUT2D eigenvalue weighted by atomic mass is 32.1. The van der Waals surface area contributed by atoms with Gasteiger partial charge in [0, 0.05) is 19.2 Å². The van der Waals surface area contributed by atoms with Gasteiger partial charge < -0.3 is 19.4 Å². The van der Waals surface area contributed by atoms with Crippen molar-refractivity contribution in [3.05, 3.63) is 24.2 Å². The molecule has 3 rings (SSSR count). The third kappa shape index (κ3) is 3.98. The van der Waals surface area contributed by atoms with Crippen molar-refractivity contribution in [3.8, 4) is 0 Å². The van der Waals surface area contributed by atoms with Crippen LogP contribution in [0.1, 0.15) is 44.3 Å². The third-order valence-corrected chi connectivity index (χ3v) is 4.82. The van der Waals surface area contributed by atoms with Gasteiger partial charge in [-0.2, -0.15) is 0 Å². The molecule has 2 fully saturated rings. The Hall–Kier alpha value is -1.07. The summed E-state index contributed by atoms with van der Waals surface area (Å²) in [6.45, 7) is 2.47. The third-order valence-electron chi connectivity index (χ3n) is 4.44. The van der Waals surface area contributed by atoms with E-state index in [1.54, 1.807) is 6.26 Å². The molecule has 1 aromatic rings. The molecule has 116 valence electrons. The molecule has 1 aromatic heterocycles. The zero-order valence-electron chi connectivity index (χ0n) is 12.4. The molecule has 5 heteroatoms. The van der Waals surface area contributed by atoms with Crippen molar-refractivity contribution in [1.82, 2.24) is 10.2 Å². The lowest BCUT2D eigenvalue weighted by Gasteiger charge is -2.31. The van der Waals surface area contributed by atoms with E-state index in [9.17, 15) is 0 Å². The van der Waals surface area contributed by atoms with Gasteiger partial charge in [-0.25, -0.2) is 0 Å². The second-order valence-corrected chi connectivity index (χ2v) is 6.35. The SMILES string of the molecule is S=C(NCC1CCCO1)N(Cc1ccco1)C1CCCC1. The molecular formula is C16H24N2O2S. The quantitative estimate of drug-likeness (QED) is 0.846. The average molecular weight is 308 g/mol. The summed E-state index contributed by atoms with van der Waals surface area (Å²) in [5.74, 6) is 0.975. The molecule has 1 aliphatic carbocycles. The van der Waals surface area contributed by atoms with Crippen LogP contribution in [0.2, 0.25) is 0 Å². The predicted molar refractivity (Wildman–Crippen MR) is 86.1 cm³/mol. The zero-order chi connectivity index (χ0) is 14.5. The molecule has 2 heterocycles. The highest BCUT2D eigenvalue weighted by molar-refractivity contribution is 7.80. The van der Waals surface area contributed by atoms with Gasteiger partial charge in [0.15, 0.2) is 5.11 Å². The van der Waals surface area contributed by atoms with Crippen LogP contribution in [-0.4, -0.2) is 35.3 Å². The van der Waals surface area contributed by atoms with Crippen LogP contribution in [0.15, 0.2) is 22.8 Å². The second-order valence-electron chi connectivity index (χ2n) is 5.97. The van der Waals surface area contributed by atoms with E-state index in [-0.39, 0.29) is 0 Å². The predicted octanol–water partition coefficient (Wildman–Crippen LogP) is 3.08. The van der Waals surface area contributed by atoms with Gasteiger partial charge in [-0.15, -0.1) is 0 Å². The smallest absolute Gasteiger partial charge is 0.169 e. The highest BCUT2D eigenvalue weighted by Gasteiger charge is 2.26. The molecule has 2 aliphatic rings. The Balaban J connectivity index is 1.58. The van der Waals surface area contributed by atoms with E-state index in [4.69, 9.17) is 21.4 Å². The Bertz CT molecular complexity index is 437. The van der Waals surface area contributed by atoms with Crippen molar-refractivity contribution in [2.45, 2.75) is 57.2 Å². The highest BCUT2D eigenvalue weighted by Crippen LogP contribution is 2.25. The zero-order valence-corrected chi connectivity index (χ0v) is 13.2. The van der Waals surface area contributed by atoms with Crippen molar-refractivity contribution >= 4 is 17.3 Å². The van der Waals surface area contributed by atoms with Crippen LogP contribution < -0.4 is 5.32 Å². The maximum atomic E-state index is 5.66.